The molecule has 2 unspecified atom stereocenters. The molecule has 2 atom stereocenters. The van der Waals surface area contributed by atoms with Gasteiger partial charge in [0.1, 0.15) is 30.5 Å². The molecule has 0 aromatic heterocycles. The van der Waals surface area contributed by atoms with Crippen LogP contribution in [0.5, 0.6) is 0 Å². The van der Waals surface area contributed by atoms with Gasteiger partial charge in [0.15, 0.2) is 0 Å². The van der Waals surface area contributed by atoms with E-state index in [4.69, 9.17) is 25.7 Å². The first kappa shape index (κ1) is 46.8. The summed E-state index contributed by atoms with van der Waals surface area (Å²) in [7, 11) is -10.8. The van der Waals surface area contributed by atoms with Crippen LogP contribution >= 0.6 is 0 Å². The molecule has 5 rings (SSSR count). The predicted octanol–water partition coefficient (Wildman–Crippen LogP) is 0.291. The number of amides is 2. The second kappa shape index (κ2) is 20.4. The molecule has 3 aliphatic heterocycles. The van der Waals surface area contributed by atoms with E-state index in [-0.39, 0.29) is 36.9 Å². The van der Waals surface area contributed by atoms with Crippen molar-refractivity contribution in [2.45, 2.75) is 32.0 Å². The number of rotatable bonds is 16. The van der Waals surface area contributed by atoms with Crippen molar-refractivity contribution in [3.8, 4) is 0 Å². The Labute approximate surface area is 344 Å². The minimum atomic E-state index is -3.63. The van der Waals surface area contributed by atoms with Gasteiger partial charge in [-0.3, -0.25) is 28.6 Å². The number of ether oxygens (including phenoxy) is 3. The number of benzene rings is 2. The van der Waals surface area contributed by atoms with Crippen LogP contribution in [0.4, 0.5) is 21.0 Å². The van der Waals surface area contributed by atoms with E-state index in [2.05, 4.69) is 29.7 Å². The number of piperazine rings is 1. The Morgan fingerprint density at radius 1 is 0.729 bits per heavy atom. The summed E-state index contributed by atoms with van der Waals surface area (Å²) in [5.74, 6) is -0.459. The normalized spacial score (nSPS) is 19.9. The average molecular weight is 887 g/mol. The van der Waals surface area contributed by atoms with Crippen molar-refractivity contribution >= 4 is 71.4 Å². The molecule has 24 heteroatoms. The highest BCUT2D eigenvalue weighted by atomic mass is 32.2. The van der Waals surface area contributed by atoms with E-state index in [1.165, 1.54) is 17.0 Å². The highest BCUT2D eigenvalue weighted by Gasteiger charge is 2.35. The molecule has 3 heterocycles. The van der Waals surface area contributed by atoms with Gasteiger partial charge in [-0.2, -0.15) is 8.42 Å². The predicted molar refractivity (Wildman–Crippen MR) is 219 cm³/mol. The number of hydrogen-bond donors (Lipinski definition) is 2. The summed E-state index contributed by atoms with van der Waals surface area (Å²) in [5.41, 5.74) is 13.3. The number of carbonyl (C=O) groups is 3. The highest BCUT2D eigenvalue weighted by molar-refractivity contribution is 7.89. The maximum atomic E-state index is 12.4. The summed E-state index contributed by atoms with van der Waals surface area (Å²) in [6, 6.07) is 12.7. The van der Waals surface area contributed by atoms with E-state index >= 15 is 0 Å². The average Bonchev–Trinajstić information content (AvgIpc) is 3.71. The fourth-order valence-electron chi connectivity index (χ4n) is 5.91. The maximum Gasteiger partial charge on any atom is 0.414 e. The van der Waals surface area contributed by atoms with Gasteiger partial charge in [-0.15, -0.1) is 8.80 Å². The van der Waals surface area contributed by atoms with Crippen LogP contribution in [0.3, 0.4) is 0 Å². The molecule has 2 aromatic carbocycles. The third-order valence-electron chi connectivity index (χ3n) is 8.73. The van der Waals surface area contributed by atoms with Gasteiger partial charge in [-0.1, -0.05) is 13.3 Å². The molecule has 326 valence electrons. The molecule has 0 saturated carbocycles. The van der Waals surface area contributed by atoms with Crippen molar-refractivity contribution in [2.75, 3.05) is 94.1 Å². The molecule has 0 spiro atoms. The Balaban J connectivity index is 0.000000273. The van der Waals surface area contributed by atoms with Crippen LogP contribution < -0.4 is 21.3 Å². The number of carbonyl (C=O) groups excluding carboxylic acids is 3. The van der Waals surface area contributed by atoms with Gasteiger partial charge in [0, 0.05) is 55.2 Å². The molecular weight excluding hydrogens is 837 g/mol. The van der Waals surface area contributed by atoms with Crippen LogP contribution in [0.1, 0.15) is 30.9 Å². The molecule has 59 heavy (non-hydrogen) atoms. The first-order valence-electron chi connectivity index (χ1n) is 18.3. The van der Waals surface area contributed by atoms with Gasteiger partial charge in [0.05, 0.1) is 45.0 Å². The SMILES string of the molecule is CCCCOC(=O)CN1CCN(CC2CN(c3ccc(C(N)=NS(C)(=O)=O)cc3)C(=O)O2)CC1.CS(=O)(=O)N=C(N)c1ccc(N2CC(COS(C)(=O)=O)OC2=O)cc1. The Morgan fingerprint density at radius 2 is 1.17 bits per heavy atom. The number of amidine groups is 2. The maximum absolute atomic E-state index is 12.4. The molecule has 4 N–H and O–H groups in total. The lowest BCUT2D eigenvalue weighted by atomic mass is 10.2. The fourth-order valence-corrected chi connectivity index (χ4v) is 7.23. The second-order valence-electron chi connectivity index (χ2n) is 13.9. The molecule has 0 bridgehead atoms. The molecule has 0 radical (unpaired) electrons. The van der Waals surface area contributed by atoms with Crippen LogP contribution in [-0.2, 0) is 53.4 Å². The molecule has 21 nitrogen and oxygen atoms in total. The van der Waals surface area contributed by atoms with Crippen molar-refractivity contribution in [1.82, 2.24) is 9.80 Å². The highest BCUT2D eigenvalue weighted by Crippen LogP contribution is 2.24. The molecule has 3 fully saturated rings. The summed E-state index contributed by atoms with van der Waals surface area (Å²) in [6.45, 7) is 6.78. The Kier molecular flexibility index (Phi) is 16.2. The lowest BCUT2D eigenvalue weighted by Gasteiger charge is -2.34. The van der Waals surface area contributed by atoms with Crippen LogP contribution in [0.25, 0.3) is 0 Å². The van der Waals surface area contributed by atoms with Crippen molar-refractivity contribution in [2.24, 2.45) is 20.3 Å². The zero-order valence-electron chi connectivity index (χ0n) is 33.1. The van der Waals surface area contributed by atoms with Gasteiger partial charge >= 0.3 is 18.2 Å². The fraction of sp³-hybridized carbons (Fsp3) is 0.514. The van der Waals surface area contributed by atoms with Crippen molar-refractivity contribution in [1.29, 1.82) is 0 Å². The quantitative estimate of drug-likeness (QED) is 0.0572. The number of esters is 1. The van der Waals surface area contributed by atoms with E-state index in [9.17, 15) is 39.6 Å². The number of unbranched alkanes of at least 4 members (excludes halogenated alkanes) is 1. The standard InChI is InChI=1S/C22H33N5O6S.C13H17N3O7S2/c1-3-4-13-32-20(28)16-26-11-9-25(10-12-26)14-19-15-27(22(29)33-19)18-7-5-17(6-8-18)21(23)24-34(2,30)31;1-24(18,19)15-12(14)9-3-5-10(6-4-9)16-7-11(23-13(16)17)8-22-25(2,20)21/h5-8,19H,3-4,9-16H2,1-2H3,(H2,23,24);3-6,11H,7-8H2,1-2H3,(H2,14,15). The van der Waals surface area contributed by atoms with Crippen LogP contribution in [0, 0.1) is 0 Å². The summed E-state index contributed by atoms with van der Waals surface area (Å²) in [4.78, 5) is 43.3. The Bertz CT molecular complexity index is 2200. The number of cyclic esters (lactones) is 2. The minimum Gasteiger partial charge on any atom is -0.465 e. The topological polar surface area (TPSA) is 280 Å². The van der Waals surface area contributed by atoms with Crippen LogP contribution in [-0.4, -0.2) is 161 Å². The number of nitrogens with zero attached hydrogens (tertiary/aromatic N) is 6. The third-order valence-corrected chi connectivity index (χ3v) is 10.4. The Morgan fingerprint density at radius 3 is 1.61 bits per heavy atom. The molecule has 3 saturated heterocycles. The van der Waals surface area contributed by atoms with Crippen LogP contribution in [0.2, 0.25) is 0 Å². The van der Waals surface area contributed by atoms with Crippen molar-refractivity contribution in [3.05, 3.63) is 59.7 Å². The zero-order valence-corrected chi connectivity index (χ0v) is 35.6. The smallest absolute Gasteiger partial charge is 0.414 e. The summed E-state index contributed by atoms with van der Waals surface area (Å²) < 4.78 is 94.0. The summed E-state index contributed by atoms with van der Waals surface area (Å²) in [5, 5.41) is 0. The van der Waals surface area contributed by atoms with Gasteiger partial charge in [-0.05, 0) is 55.0 Å². The Hall–Kier alpha value is -4.88. The van der Waals surface area contributed by atoms with E-state index in [1.54, 1.807) is 41.3 Å². The minimum absolute atomic E-state index is 0.107. The van der Waals surface area contributed by atoms with Gasteiger partial charge in [-0.25, -0.2) is 26.4 Å². The number of nitrogens with two attached hydrogens (primary N) is 2. The molecule has 0 aliphatic carbocycles. The van der Waals surface area contributed by atoms with E-state index in [1.807, 2.05) is 0 Å². The first-order valence-corrected chi connectivity index (χ1v) is 23.8. The van der Waals surface area contributed by atoms with E-state index < -0.39 is 48.5 Å². The molecular formula is C35H50N8O13S3. The van der Waals surface area contributed by atoms with E-state index in [0.29, 0.717) is 48.7 Å². The van der Waals surface area contributed by atoms with Crippen molar-refractivity contribution < 1.29 is 58.0 Å². The van der Waals surface area contributed by atoms with Gasteiger partial charge in [0.25, 0.3) is 30.2 Å². The largest absolute Gasteiger partial charge is 0.465 e. The lowest BCUT2D eigenvalue weighted by Crippen LogP contribution is -2.50. The van der Waals surface area contributed by atoms with Gasteiger partial charge < -0.3 is 25.7 Å². The number of sulfonamides is 2. The van der Waals surface area contributed by atoms with Gasteiger partial charge in [0.2, 0.25) is 0 Å². The summed E-state index contributed by atoms with van der Waals surface area (Å²) >= 11 is 0. The second-order valence-corrected chi connectivity index (χ2v) is 18.8. The summed E-state index contributed by atoms with van der Waals surface area (Å²) in [6.07, 6.45) is 2.61. The van der Waals surface area contributed by atoms with Crippen LogP contribution in [0.15, 0.2) is 57.3 Å². The number of hydrogen-bond acceptors (Lipinski definition) is 15. The molecule has 2 aromatic rings. The lowest BCUT2D eigenvalue weighted by molar-refractivity contribution is -0.145. The third kappa shape index (κ3) is 15.7. The molecule has 2 amide bonds. The number of anilines is 2. The monoisotopic (exact) mass is 886 g/mol. The molecule has 3 aliphatic rings. The van der Waals surface area contributed by atoms with Crippen molar-refractivity contribution in [3.63, 3.8) is 0 Å². The van der Waals surface area contributed by atoms with E-state index in [0.717, 1.165) is 57.8 Å². The zero-order chi connectivity index (χ0) is 43.5. The first-order chi connectivity index (χ1) is 27.6.